The molecular formula is C13H18Cl2N2O2. The Bertz CT molecular complexity index is 437. The van der Waals surface area contributed by atoms with E-state index in [1.165, 1.54) is 6.07 Å². The first kappa shape index (κ1) is 16.2. The Morgan fingerprint density at radius 3 is 2.53 bits per heavy atom. The molecule has 0 aliphatic carbocycles. The summed E-state index contributed by atoms with van der Waals surface area (Å²) in [7, 11) is 0. The van der Waals surface area contributed by atoms with E-state index in [1.54, 1.807) is 11.0 Å². The largest absolute Gasteiger partial charge is 0.395 e. The number of halogens is 2. The van der Waals surface area contributed by atoms with Crippen LogP contribution in [0.25, 0.3) is 0 Å². The van der Waals surface area contributed by atoms with Gasteiger partial charge in [-0.1, -0.05) is 37.0 Å². The summed E-state index contributed by atoms with van der Waals surface area (Å²) in [6.07, 6.45) is 1.61. The number of rotatable bonds is 6. The van der Waals surface area contributed by atoms with E-state index in [1.807, 2.05) is 13.8 Å². The number of hydrogen-bond donors (Lipinski definition) is 1. The first-order chi connectivity index (χ1) is 9.04. The Morgan fingerprint density at radius 1 is 1.37 bits per heavy atom. The Kier molecular flexibility index (Phi) is 6.55. The summed E-state index contributed by atoms with van der Waals surface area (Å²) < 4.78 is 0. The minimum absolute atomic E-state index is 0.0523. The third-order valence-corrected chi connectivity index (χ3v) is 3.52. The molecule has 1 amide bonds. The van der Waals surface area contributed by atoms with Gasteiger partial charge in [0.2, 0.25) is 0 Å². The maximum absolute atomic E-state index is 12.5. The SMILES string of the molecule is CCC(CC)N(CCO)C(=O)c1nc(Cl)ccc1Cl. The smallest absolute Gasteiger partial charge is 0.274 e. The zero-order chi connectivity index (χ0) is 14.4. The van der Waals surface area contributed by atoms with E-state index in [9.17, 15) is 4.79 Å². The molecule has 0 saturated carbocycles. The van der Waals surface area contributed by atoms with E-state index in [-0.39, 0.29) is 41.0 Å². The van der Waals surface area contributed by atoms with Gasteiger partial charge in [-0.15, -0.1) is 0 Å². The molecule has 0 unspecified atom stereocenters. The molecule has 0 saturated heterocycles. The fourth-order valence-electron chi connectivity index (χ4n) is 1.99. The molecule has 0 fully saturated rings. The zero-order valence-corrected chi connectivity index (χ0v) is 12.6. The lowest BCUT2D eigenvalue weighted by atomic mass is 10.1. The summed E-state index contributed by atoms with van der Waals surface area (Å²) in [6, 6.07) is 3.14. The van der Waals surface area contributed by atoms with Gasteiger partial charge in [-0.05, 0) is 25.0 Å². The van der Waals surface area contributed by atoms with Crippen molar-refractivity contribution in [2.75, 3.05) is 13.2 Å². The van der Waals surface area contributed by atoms with Crippen LogP contribution in [0.5, 0.6) is 0 Å². The molecule has 1 aromatic heterocycles. The maximum atomic E-state index is 12.5. The highest BCUT2D eigenvalue weighted by molar-refractivity contribution is 6.34. The summed E-state index contributed by atoms with van der Waals surface area (Å²) in [5.74, 6) is -0.296. The molecule has 0 bridgehead atoms. The number of carbonyl (C=O) groups is 1. The van der Waals surface area contributed by atoms with Gasteiger partial charge in [-0.3, -0.25) is 4.79 Å². The van der Waals surface area contributed by atoms with Crippen molar-refractivity contribution < 1.29 is 9.90 Å². The lowest BCUT2D eigenvalue weighted by Crippen LogP contribution is -2.42. The Morgan fingerprint density at radius 2 is 2.00 bits per heavy atom. The van der Waals surface area contributed by atoms with E-state index in [0.717, 1.165) is 12.8 Å². The number of nitrogens with zero attached hydrogens (tertiary/aromatic N) is 2. The highest BCUT2D eigenvalue weighted by Gasteiger charge is 2.25. The Labute approximate surface area is 123 Å². The summed E-state index contributed by atoms with van der Waals surface area (Å²) in [6.45, 7) is 4.16. The first-order valence-electron chi connectivity index (χ1n) is 6.28. The van der Waals surface area contributed by atoms with E-state index >= 15 is 0 Å². The molecular weight excluding hydrogens is 287 g/mol. The predicted octanol–water partition coefficient (Wildman–Crippen LogP) is 3.01. The normalized spacial score (nSPS) is 10.8. The van der Waals surface area contributed by atoms with Crippen molar-refractivity contribution in [2.24, 2.45) is 0 Å². The molecule has 0 aliphatic heterocycles. The molecule has 0 aromatic carbocycles. The number of carbonyl (C=O) groups excluding carboxylic acids is 1. The Hall–Kier alpha value is -0.840. The summed E-state index contributed by atoms with van der Waals surface area (Å²) in [4.78, 5) is 18.1. The van der Waals surface area contributed by atoms with Crippen molar-refractivity contribution in [3.05, 3.63) is 28.0 Å². The van der Waals surface area contributed by atoms with Crippen molar-refractivity contribution in [1.82, 2.24) is 9.88 Å². The van der Waals surface area contributed by atoms with Gasteiger partial charge in [0, 0.05) is 12.6 Å². The summed E-state index contributed by atoms with van der Waals surface area (Å²) >= 11 is 11.8. The van der Waals surface area contributed by atoms with E-state index < -0.39 is 0 Å². The van der Waals surface area contributed by atoms with Crippen molar-refractivity contribution in [2.45, 2.75) is 32.7 Å². The number of hydrogen-bond acceptors (Lipinski definition) is 3. The number of amides is 1. The second kappa shape index (κ2) is 7.68. The predicted molar refractivity (Wildman–Crippen MR) is 76.7 cm³/mol. The van der Waals surface area contributed by atoms with Gasteiger partial charge in [0.15, 0.2) is 0 Å². The highest BCUT2D eigenvalue weighted by atomic mass is 35.5. The fourth-order valence-corrected chi connectivity index (χ4v) is 2.33. The van der Waals surface area contributed by atoms with Crippen LogP contribution in [0.3, 0.4) is 0 Å². The van der Waals surface area contributed by atoms with Gasteiger partial charge in [-0.2, -0.15) is 0 Å². The van der Waals surface area contributed by atoms with Crippen LogP contribution in [-0.2, 0) is 0 Å². The molecule has 19 heavy (non-hydrogen) atoms. The molecule has 4 nitrogen and oxygen atoms in total. The van der Waals surface area contributed by atoms with Gasteiger partial charge in [0.1, 0.15) is 10.8 Å². The van der Waals surface area contributed by atoms with Crippen molar-refractivity contribution in [3.8, 4) is 0 Å². The Balaban J connectivity index is 3.08. The van der Waals surface area contributed by atoms with E-state index in [4.69, 9.17) is 28.3 Å². The van der Waals surface area contributed by atoms with Crippen molar-refractivity contribution >= 4 is 29.1 Å². The van der Waals surface area contributed by atoms with Crippen molar-refractivity contribution in [1.29, 1.82) is 0 Å². The van der Waals surface area contributed by atoms with Crippen LogP contribution in [0.4, 0.5) is 0 Å². The van der Waals surface area contributed by atoms with Crippen LogP contribution < -0.4 is 0 Å². The minimum Gasteiger partial charge on any atom is -0.395 e. The standard InChI is InChI=1S/C13H18Cl2N2O2/c1-3-9(4-2)17(7-8-18)13(19)12-10(14)5-6-11(15)16-12/h5-6,9,18H,3-4,7-8H2,1-2H3. The average molecular weight is 305 g/mol. The zero-order valence-electron chi connectivity index (χ0n) is 11.1. The molecule has 1 rings (SSSR count). The second-order valence-corrected chi connectivity index (χ2v) is 4.95. The molecule has 0 radical (unpaired) electrons. The van der Waals surface area contributed by atoms with Gasteiger partial charge >= 0.3 is 0 Å². The third kappa shape index (κ3) is 4.06. The molecule has 0 aliphatic rings. The van der Waals surface area contributed by atoms with E-state index in [2.05, 4.69) is 4.98 Å². The monoisotopic (exact) mass is 304 g/mol. The number of aliphatic hydroxyl groups excluding tert-OH is 1. The molecule has 0 atom stereocenters. The summed E-state index contributed by atoms with van der Waals surface area (Å²) in [5, 5.41) is 9.61. The fraction of sp³-hybridized carbons (Fsp3) is 0.538. The third-order valence-electron chi connectivity index (χ3n) is 3.00. The molecule has 6 heteroatoms. The van der Waals surface area contributed by atoms with Gasteiger partial charge < -0.3 is 10.0 Å². The maximum Gasteiger partial charge on any atom is 0.274 e. The van der Waals surface area contributed by atoms with Crippen LogP contribution in [0.15, 0.2) is 12.1 Å². The van der Waals surface area contributed by atoms with Crippen LogP contribution in [0, 0.1) is 0 Å². The lowest BCUT2D eigenvalue weighted by molar-refractivity contribution is 0.0616. The quantitative estimate of drug-likeness (QED) is 0.822. The number of aromatic nitrogens is 1. The minimum atomic E-state index is -0.296. The first-order valence-corrected chi connectivity index (χ1v) is 7.04. The highest BCUT2D eigenvalue weighted by Crippen LogP contribution is 2.20. The van der Waals surface area contributed by atoms with Crippen LogP contribution >= 0.6 is 23.2 Å². The van der Waals surface area contributed by atoms with Gasteiger partial charge in [-0.25, -0.2) is 4.98 Å². The van der Waals surface area contributed by atoms with Gasteiger partial charge in [0.25, 0.3) is 5.91 Å². The molecule has 1 N–H and O–H groups in total. The molecule has 0 spiro atoms. The van der Waals surface area contributed by atoms with Crippen molar-refractivity contribution in [3.63, 3.8) is 0 Å². The van der Waals surface area contributed by atoms with Gasteiger partial charge in [0.05, 0.1) is 11.6 Å². The van der Waals surface area contributed by atoms with E-state index in [0.29, 0.717) is 0 Å². The molecule has 1 aromatic rings. The number of aliphatic hydroxyl groups is 1. The molecule has 106 valence electrons. The van der Waals surface area contributed by atoms with Crippen LogP contribution in [0.2, 0.25) is 10.2 Å². The summed E-state index contributed by atoms with van der Waals surface area (Å²) in [5.41, 5.74) is 0.134. The lowest BCUT2D eigenvalue weighted by Gasteiger charge is -2.30. The van der Waals surface area contributed by atoms with Crippen LogP contribution in [0.1, 0.15) is 37.2 Å². The average Bonchev–Trinajstić information content (AvgIpc) is 2.41. The topological polar surface area (TPSA) is 53.4 Å². The van der Waals surface area contributed by atoms with Crippen LogP contribution in [-0.4, -0.2) is 40.1 Å². The number of pyridine rings is 1. The second-order valence-electron chi connectivity index (χ2n) is 4.16. The molecule has 1 heterocycles.